The van der Waals surface area contributed by atoms with E-state index in [1.165, 1.54) is 24.8 Å². The van der Waals surface area contributed by atoms with Crippen molar-refractivity contribution in [3.8, 4) is 0 Å². The second-order valence-corrected chi connectivity index (χ2v) is 4.70. The van der Waals surface area contributed by atoms with Gasteiger partial charge in [0.25, 0.3) is 0 Å². The molecule has 1 saturated heterocycles. The molecule has 1 atom stereocenters. The largest absolute Gasteiger partial charge is 0.350 e. The molecule has 0 aromatic rings. The minimum atomic E-state index is 0.112. The Hall–Kier alpha value is -0.830. The maximum atomic E-state index is 11.8. The monoisotopic (exact) mass is 224 g/mol. The van der Waals surface area contributed by atoms with Crippen LogP contribution in [-0.4, -0.2) is 25.0 Å². The van der Waals surface area contributed by atoms with Gasteiger partial charge in [-0.05, 0) is 25.8 Å². The Balaban J connectivity index is 2.27. The van der Waals surface area contributed by atoms with Gasteiger partial charge in [0.2, 0.25) is 5.91 Å². The summed E-state index contributed by atoms with van der Waals surface area (Å²) in [5, 5.41) is 6.22. The molecule has 0 aromatic heterocycles. The number of hydrogen-bond acceptors (Lipinski definition) is 2. The topological polar surface area (TPSA) is 41.1 Å². The zero-order valence-corrected chi connectivity index (χ0v) is 10.7. The van der Waals surface area contributed by atoms with Crippen LogP contribution >= 0.6 is 0 Å². The molecule has 0 aliphatic carbocycles. The smallest absolute Gasteiger partial charge is 0.247 e. The van der Waals surface area contributed by atoms with E-state index in [0.29, 0.717) is 6.04 Å². The zero-order valence-electron chi connectivity index (χ0n) is 10.7. The first-order valence-corrected chi connectivity index (χ1v) is 6.35. The van der Waals surface area contributed by atoms with Crippen molar-refractivity contribution in [3.05, 3.63) is 11.1 Å². The molecule has 1 unspecified atom stereocenters. The Labute approximate surface area is 98.7 Å². The number of nitrogens with one attached hydrogen (secondary N) is 2. The summed E-state index contributed by atoms with van der Waals surface area (Å²) in [6.45, 7) is 7.96. The minimum absolute atomic E-state index is 0.112. The van der Waals surface area contributed by atoms with Crippen molar-refractivity contribution in [1.82, 2.24) is 10.6 Å². The van der Waals surface area contributed by atoms with Gasteiger partial charge in [0, 0.05) is 24.7 Å². The average molecular weight is 224 g/mol. The fourth-order valence-corrected chi connectivity index (χ4v) is 1.78. The lowest BCUT2D eigenvalue weighted by Crippen LogP contribution is -2.39. The van der Waals surface area contributed by atoms with E-state index in [1.54, 1.807) is 0 Å². The molecule has 3 nitrogen and oxygen atoms in total. The van der Waals surface area contributed by atoms with Gasteiger partial charge in [-0.2, -0.15) is 0 Å². The van der Waals surface area contributed by atoms with Gasteiger partial charge in [0.15, 0.2) is 0 Å². The summed E-state index contributed by atoms with van der Waals surface area (Å²) in [5.41, 5.74) is 2.15. The zero-order chi connectivity index (χ0) is 12.0. The van der Waals surface area contributed by atoms with Gasteiger partial charge in [0.05, 0.1) is 0 Å². The maximum Gasteiger partial charge on any atom is 0.247 e. The fraction of sp³-hybridized carbons (Fsp3) is 0.769. The number of rotatable bonds is 6. The molecule has 1 aliphatic rings. The Morgan fingerprint density at radius 1 is 1.44 bits per heavy atom. The van der Waals surface area contributed by atoms with E-state index >= 15 is 0 Å². The first-order valence-electron chi connectivity index (χ1n) is 6.35. The van der Waals surface area contributed by atoms with Crippen molar-refractivity contribution in [2.24, 2.45) is 0 Å². The van der Waals surface area contributed by atoms with Crippen LogP contribution in [0.4, 0.5) is 0 Å². The molecule has 16 heavy (non-hydrogen) atoms. The normalized spacial score (nSPS) is 16.6. The first kappa shape index (κ1) is 13.2. The van der Waals surface area contributed by atoms with Gasteiger partial charge in [-0.1, -0.05) is 26.2 Å². The molecule has 0 spiro atoms. The van der Waals surface area contributed by atoms with Crippen molar-refractivity contribution >= 4 is 5.91 Å². The van der Waals surface area contributed by atoms with Crippen LogP contribution in [0.15, 0.2) is 11.1 Å². The molecule has 1 rings (SSSR count). The van der Waals surface area contributed by atoms with Crippen molar-refractivity contribution in [2.75, 3.05) is 13.1 Å². The second-order valence-electron chi connectivity index (χ2n) is 4.70. The van der Waals surface area contributed by atoms with Crippen LogP contribution in [0, 0.1) is 0 Å². The van der Waals surface area contributed by atoms with Gasteiger partial charge in [-0.15, -0.1) is 0 Å². The van der Waals surface area contributed by atoms with E-state index in [-0.39, 0.29) is 5.91 Å². The molecule has 2 N–H and O–H groups in total. The van der Waals surface area contributed by atoms with Crippen LogP contribution in [0.3, 0.4) is 0 Å². The van der Waals surface area contributed by atoms with Gasteiger partial charge < -0.3 is 10.6 Å². The number of hydrogen-bond donors (Lipinski definition) is 2. The predicted octanol–water partition coefficient (Wildman–Crippen LogP) is 1.99. The van der Waals surface area contributed by atoms with Gasteiger partial charge in [0.1, 0.15) is 0 Å². The van der Waals surface area contributed by atoms with Crippen molar-refractivity contribution in [2.45, 2.75) is 52.5 Å². The second kappa shape index (κ2) is 6.69. The average Bonchev–Trinajstić information content (AvgIpc) is 2.15. The van der Waals surface area contributed by atoms with E-state index in [9.17, 15) is 4.79 Å². The summed E-state index contributed by atoms with van der Waals surface area (Å²) >= 11 is 0. The summed E-state index contributed by atoms with van der Waals surface area (Å²) in [6.07, 6.45) is 4.77. The number of amides is 1. The van der Waals surface area contributed by atoms with E-state index < -0.39 is 0 Å². The molecule has 0 aromatic carbocycles. The Bertz CT molecular complexity index is 265. The van der Waals surface area contributed by atoms with Crippen molar-refractivity contribution in [1.29, 1.82) is 0 Å². The number of carbonyl (C=O) groups is 1. The lowest BCUT2D eigenvalue weighted by molar-refractivity contribution is -0.118. The molecule has 3 heteroatoms. The molecule has 0 bridgehead atoms. The number of carbonyl (C=O) groups excluding carboxylic acids is 1. The van der Waals surface area contributed by atoms with E-state index in [2.05, 4.69) is 24.5 Å². The molecular formula is C13H24N2O. The third kappa shape index (κ3) is 3.97. The Morgan fingerprint density at radius 3 is 2.62 bits per heavy atom. The third-order valence-corrected chi connectivity index (χ3v) is 3.17. The highest BCUT2D eigenvalue weighted by atomic mass is 16.1. The highest BCUT2D eigenvalue weighted by Gasteiger charge is 2.16. The van der Waals surface area contributed by atoms with Gasteiger partial charge in [-0.25, -0.2) is 0 Å². The fourth-order valence-electron chi connectivity index (χ4n) is 1.78. The summed E-state index contributed by atoms with van der Waals surface area (Å²) < 4.78 is 0. The molecule has 1 fully saturated rings. The molecular weight excluding hydrogens is 200 g/mol. The van der Waals surface area contributed by atoms with Crippen LogP contribution in [0.25, 0.3) is 0 Å². The minimum Gasteiger partial charge on any atom is -0.350 e. The van der Waals surface area contributed by atoms with Crippen molar-refractivity contribution < 1.29 is 4.79 Å². The Kier molecular flexibility index (Phi) is 5.53. The number of unbranched alkanes of at least 4 members (excludes halogenated alkanes) is 2. The SMILES string of the molecule is CCCCCC(C)NC(=O)C(C)=C1CNC1. The quantitative estimate of drug-likeness (QED) is 0.535. The van der Waals surface area contributed by atoms with Crippen LogP contribution in [0.2, 0.25) is 0 Å². The van der Waals surface area contributed by atoms with Gasteiger partial charge in [-0.3, -0.25) is 4.79 Å². The lowest BCUT2D eigenvalue weighted by Gasteiger charge is -2.22. The molecule has 1 heterocycles. The van der Waals surface area contributed by atoms with Crippen LogP contribution in [-0.2, 0) is 4.79 Å². The highest BCUT2D eigenvalue weighted by molar-refractivity contribution is 5.94. The van der Waals surface area contributed by atoms with Crippen LogP contribution in [0.5, 0.6) is 0 Å². The third-order valence-electron chi connectivity index (χ3n) is 3.17. The van der Waals surface area contributed by atoms with Crippen molar-refractivity contribution in [3.63, 3.8) is 0 Å². The molecule has 1 amide bonds. The molecule has 92 valence electrons. The molecule has 1 aliphatic heterocycles. The van der Waals surface area contributed by atoms with Crippen LogP contribution in [0.1, 0.15) is 46.5 Å². The van der Waals surface area contributed by atoms with E-state index in [4.69, 9.17) is 0 Å². The molecule has 0 radical (unpaired) electrons. The van der Waals surface area contributed by atoms with Crippen LogP contribution < -0.4 is 10.6 Å². The highest BCUT2D eigenvalue weighted by Crippen LogP contribution is 2.10. The van der Waals surface area contributed by atoms with E-state index in [0.717, 1.165) is 25.1 Å². The maximum absolute atomic E-state index is 11.8. The summed E-state index contributed by atoms with van der Waals surface area (Å²) in [5.74, 6) is 0.112. The summed E-state index contributed by atoms with van der Waals surface area (Å²) in [6, 6.07) is 0.294. The summed E-state index contributed by atoms with van der Waals surface area (Å²) in [4.78, 5) is 11.8. The lowest BCUT2D eigenvalue weighted by atomic mass is 10.0. The molecule has 0 saturated carbocycles. The van der Waals surface area contributed by atoms with Gasteiger partial charge >= 0.3 is 0 Å². The predicted molar refractivity (Wildman–Crippen MR) is 67.3 cm³/mol. The standard InChI is InChI=1S/C13H24N2O/c1-4-5-6-7-10(2)15-13(16)11(3)12-8-14-9-12/h10,14H,4-9H2,1-3H3,(H,15,16). The summed E-state index contributed by atoms with van der Waals surface area (Å²) in [7, 11) is 0. The first-order chi connectivity index (χ1) is 7.65. The van der Waals surface area contributed by atoms with E-state index in [1.807, 2.05) is 6.92 Å². The Morgan fingerprint density at radius 2 is 2.12 bits per heavy atom.